The van der Waals surface area contributed by atoms with Crippen LogP contribution < -0.4 is 5.32 Å². The molecule has 9 nitrogen and oxygen atoms in total. The van der Waals surface area contributed by atoms with Crippen LogP contribution in [0.1, 0.15) is 38.1 Å². The summed E-state index contributed by atoms with van der Waals surface area (Å²) in [6.07, 6.45) is 0. The molecule has 1 aliphatic rings. The van der Waals surface area contributed by atoms with E-state index in [9.17, 15) is 24.0 Å². The molecule has 0 radical (unpaired) electrons. The van der Waals surface area contributed by atoms with Gasteiger partial charge in [-0.3, -0.25) is 24.1 Å². The zero-order chi connectivity index (χ0) is 19.6. The number of amides is 3. The number of imide groups is 1. The average molecular weight is 387 g/mol. The lowest BCUT2D eigenvalue weighted by Gasteiger charge is -2.12. The fourth-order valence-corrected chi connectivity index (χ4v) is 3.13. The summed E-state index contributed by atoms with van der Waals surface area (Å²) in [4.78, 5) is 64.5. The molecule has 0 unspecified atom stereocenters. The lowest BCUT2D eigenvalue weighted by molar-refractivity contribution is -0.137. The fraction of sp³-hybridized carbons (Fsp3) is 0.176. The Kier molecular flexibility index (Phi) is 5.08. The van der Waals surface area contributed by atoms with Crippen LogP contribution in [0, 0.1) is 0 Å². The van der Waals surface area contributed by atoms with Crippen molar-refractivity contribution in [1.29, 1.82) is 0 Å². The van der Waals surface area contributed by atoms with E-state index in [4.69, 9.17) is 0 Å². The third kappa shape index (κ3) is 3.60. The van der Waals surface area contributed by atoms with Gasteiger partial charge in [0.15, 0.2) is 5.13 Å². The molecule has 0 spiro atoms. The summed E-state index contributed by atoms with van der Waals surface area (Å²) >= 11 is 0.929. The Morgan fingerprint density at radius 2 is 1.78 bits per heavy atom. The van der Waals surface area contributed by atoms with Crippen LogP contribution in [0.5, 0.6) is 0 Å². The van der Waals surface area contributed by atoms with Gasteiger partial charge in [-0.15, -0.1) is 11.3 Å². The van der Waals surface area contributed by atoms with Gasteiger partial charge in [-0.1, -0.05) is 12.1 Å². The van der Waals surface area contributed by atoms with Crippen LogP contribution in [-0.2, 0) is 14.3 Å². The first-order valence-corrected chi connectivity index (χ1v) is 8.72. The van der Waals surface area contributed by atoms with Crippen LogP contribution >= 0.6 is 11.3 Å². The minimum absolute atomic E-state index is 0.0542. The van der Waals surface area contributed by atoms with E-state index >= 15 is 0 Å². The molecule has 0 fully saturated rings. The van der Waals surface area contributed by atoms with Gasteiger partial charge >= 0.3 is 5.97 Å². The number of benzene rings is 1. The van der Waals surface area contributed by atoms with Crippen LogP contribution in [0.4, 0.5) is 5.13 Å². The number of nitrogens with one attached hydrogen (secondary N) is 1. The van der Waals surface area contributed by atoms with E-state index in [2.05, 4.69) is 15.0 Å². The van der Waals surface area contributed by atoms with Gasteiger partial charge in [-0.25, -0.2) is 9.78 Å². The molecule has 1 aromatic heterocycles. The second kappa shape index (κ2) is 7.46. The summed E-state index contributed by atoms with van der Waals surface area (Å²) in [6, 6.07) is 6.29. The van der Waals surface area contributed by atoms with Gasteiger partial charge in [0.1, 0.15) is 12.2 Å². The quantitative estimate of drug-likeness (QED) is 0.341. The summed E-state index contributed by atoms with van der Waals surface area (Å²) in [7, 11) is 0. The molecular formula is C17H13N3O6S. The number of Topliss-reactive ketones (excluding diaryl/α,β-unsaturated/α-hetero) is 1. The molecule has 1 N–H and O–H groups in total. The smallest absolute Gasteiger partial charge is 0.381 e. The van der Waals surface area contributed by atoms with Gasteiger partial charge in [0, 0.05) is 5.38 Å². The largest absolute Gasteiger partial charge is 0.460 e. The summed E-state index contributed by atoms with van der Waals surface area (Å²) in [5, 5.41) is 3.76. The maximum atomic E-state index is 12.2. The summed E-state index contributed by atoms with van der Waals surface area (Å²) in [5.74, 6) is -3.72. The van der Waals surface area contributed by atoms with E-state index in [1.165, 1.54) is 17.5 Å². The van der Waals surface area contributed by atoms with Crippen molar-refractivity contribution < 1.29 is 28.7 Å². The van der Waals surface area contributed by atoms with Gasteiger partial charge in [-0.2, -0.15) is 0 Å². The molecule has 2 aromatic rings. The molecule has 0 saturated heterocycles. The highest BCUT2D eigenvalue weighted by Crippen LogP contribution is 2.22. The summed E-state index contributed by atoms with van der Waals surface area (Å²) in [5.41, 5.74) is 0.327. The van der Waals surface area contributed by atoms with Gasteiger partial charge in [0.25, 0.3) is 17.6 Å². The minimum Gasteiger partial charge on any atom is -0.460 e. The standard InChI is InChI=1S/C17H13N3O6S/c1-2-26-16(25)13(22)11-8-27-17(18-11)19-12(21)7-20-14(23)9-5-3-4-6-10(9)15(20)24/h3-6,8H,2,7H2,1H3,(H,18,19,21). The monoisotopic (exact) mass is 387 g/mol. The van der Waals surface area contributed by atoms with Crippen LogP contribution in [0.3, 0.4) is 0 Å². The van der Waals surface area contributed by atoms with Crippen LogP contribution in [-0.4, -0.2) is 52.5 Å². The molecule has 1 aromatic carbocycles. The number of hydrogen-bond donors (Lipinski definition) is 1. The van der Waals surface area contributed by atoms with E-state index in [1.54, 1.807) is 19.1 Å². The molecule has 138 valence electrons. The topological polar surface area (TPSA) is 123 Å². The van der Waals surface area contributed by atoms with E-state index < -0.39 is 36.0 Å². The van der Waals surface area contributed by atoms with Crippen molar-refractivity contribution in [2.45, 2.75) is 6.92 Å². The number of carbonyl (C=O) groups is 5. The van der Waals surface area contributed by atoms with Crippen molar-refractivity contribution in [3.05, 3.63) is 46.5 Å². The van der Waals surface area contributed by atoms with Gasteiger partial charge in [-0.05, 0) is 19.1 Å². The van der Waals surface area contributed by atoms with Crippen molar-refractivity contribution >= 4 is 45.9 Å². The normalized spacial score (nSPS) is 12.7. The van der Waals surface area contributed by atoms with Crippen LogP contribution in [0.15, 0.2) is 29.6 Å². The number of hydrogen-bond acceptors (Lipinski definition) is 8. The predicted molar refractivity (Wildman–Crippen MR) is 93.5 cm³/mol. The molecule has 27 heavy (non-hydrogen) atoms. The van der Waals surface area contributed by atoms with Crippen LogP contribution in [0.25, 0.3) is 0 Å². The van der Waals surface area contributed by atoms with Gasteiger partial charge < -0.3 is 10.1 Å². The molecule has 0 saturated carbocycles. The molecule has 3 rings (SSSR count). The lowest BCUT2D eigenvalue weighted by atomic mass is 10.1. The molecule has 0 aliphatic carbocycles. The van der Waals surface area contributed by atoms with Crippen molar-refractivity contribution in [1.82, 2.24) is 9.88 Å². The number of fused-ring (bicyclic) bond motifs is 1. The number of aromatic nitrogens is 1. The minimum atomic E-state index is -1.04. The molecule has 2 heterocycles. The Labute approximate surface area is 156 Å². The van der Waals surface area contributed by atoms with E-state index in [0.29, 0.717) is 0 Å². The number of ketones is 1. The molecule has 1 aliphatic heterocycles. The van der Waals surface area contributed by atoms with Crippen LogP contribution in [0.2, 0.25) is 0 Å². The highest BCUT2D eigenvalue weighted by Gasteiger charge is 2.36. The maximum Gasteiger partial charge on any atom is 0.381 e. The van der Waals surface area contributed by atoms with Crippen molar-refractivity contribution in [2.75, 3.05) is 18.5 Å². The molecular weight excluding hydrogens is 374 g/mol. The van der Waals surface area contributed by atoms with E-state index in [-0.39, 0.29) is 28.6 Å². The highest BCUT2D eigenvalue weighted by molar-refractivity contribution is 7.14. The second-order valence-electron chi connectivity index (χ2n) is 5.38. The highest BCUT2D eigenvalue weighted by atomic mass is 32.1. The number of thiazole rings is 1. The van der Waals surface area contributed by atoms with E-state index in [1.807, 2.05) is 0 Å². The first-order valence-electron chi connectivity index (χ1n) is 7.84. The zero-order valence-electron chi connectivity index (χ0n) is 14.1. The lowest BCUT2D eigenvalue weighted by Crippen LogP contribution is -2.37. The van der Waals surface area contributed by atoms with Gasteiger partial charge in [0.2, 0.25) is 5.91 Å². The first kappa shape index (κ1) is 18.4. The molecule has 10 heteroatoms. The number of anilines is 1. The Morgan fingerprint density at radius 1 is 1.15 bits per heavy atom. The fourth-order valence-electron chi connectivity index (χ4n) is 2.42. The Bertz CT molecular complexity index is 932. The number of rotatable bonds is 6. The Morgan fingerprint density at radius 3 is 2.37 bits per heavy atom. The summed E-state index contributed by atoms with van der Waals surface area (Å²) in [6.45, 7) is 1.13. The van der Waals surface area contributed by atoms with Crippen molar-refractivity contribution in [3.8, 4) is 0 Å². The number of carbonyl (C=O) groups excluding carboxylic acids is 5. The first-order chi connectivity index (χ1) is 12.9. The Hall–Kier alpha value is -3.40. The third-order valence-electron chi connectivity index (χ3n) is 3.62. The predicted octanol–water partition coefficient (Wildman–Crippen LogP) is 1.12. The number of ether oxygens (including phenoxy) is 1. The zero-order valence-corrected chi connectivity index (χ0v) is 14.9. The van der Waals surface area contributed by atoms with Gasteiger partial charge in [0.05, 0.1) is 17.7 Å². The number of esters is 1. The molecule has 0 atom stereocenters. The summed E-state index contributed by atoms with van der Waals surface area (Å²) < 4.78 is 4.60. The van der Waals surface area contributed by atoms with Crippen molar-refractivity contribution in [2.24, 2.45) is 0 Å². The second-order valence-corrected chi connectivity index (χ2v) is 6.24. The SMILES string of the molecule is CCOC(=O)C(=O)c1csc(NC(=O)CN2C(=O)c3ccccc3C2=O)n1. The number of nitrogens with zero attached hydrogens (tertiary/aromatic N) is 2. The Balaban J connectivity index is 1.64. The maximum absolute atomic E-state index is 12.2. The molecule has 3 amide bonds. The molecule has 0 bridgehead atoms. The average Bonchev–Trinajstić information content (AvgIpc) is 3.21. The van der Waals surface area contributed by atoms with E-state index in [0.717, 1.165) is 16.2 Å². The third-order valence-corrected chi connectivity index (χ3v) is 4.38. The van der Waals surface area contributed by atoms with Crippen molar-refractivity contribution in [3.63, 3.8) is 0 Å².